The topological polar surface area (TPSA) is 69.4 Å². The summed E-state index contributed by atoms with van der Waals surface area (Å²) in [6.45, 7) is 1.23. The van der Waals surface area contributed by atoms with Gasteiger partial charge in [0.25, 0.3) is 0 Å². The molecule has 0 fully saturated rings. The number of nitrogens with zero attached hydrogens (tertiary/aromatic N) is 3. The molecule has 102 valence electrons. The number of aromatic nitrogens is 3. The highest BCUT2D eigenvalue weighted by Crippen LogP contribution is 2.17. The maximum atomic E-state index is 8.86. The minimum atomic E-state index is -0.0810. The molecule has 6 nitrogen and oxygen atoms in total. The molecule has 1 aromatic carbocycles. The Bertz CT molecular complexity index is 496. The lowest BCUT2D eigenvalue weighted by Gasteiger charge is -2.06. The summed E-state index contributed by atoms with van der Waals surface area (Å²) in [5.74, 6) is 1.63. The third-order valence-corrected chi connectivity index (χ3v) is 2.61. The van der Waals surface area contributed by atoms with Crippen LogP contribution in [-0.4, -0.2) is 33.8 Å². The first kappa shape index (κ1) is 13.4. The lowest BCUT2D eigenvalue weighted by Crippen LogP contribution is -2.05. The highest BCUT2D eigenvalue weighted by atomic mass is 16.5. The van der Waals surface area contributed by atoms with E-state index in [0.29, 0.717) is 18.8 Å². The minimum Gasteiger partial charge on any atom is -0.497 e. The molecule has 0 aliphatic carbocycles. The number of aliphatic hydroxyl groups is 1. The highest BCUT2D eigenvalue weighted by molar-refractivity contribution is 5.31. The monoisotopic (exact) mass is 263 g/mol. The van der Waals surface area contributed by atoms with Gasteiger partial charge in [0.2, 0.25) is 0 Å². The Balaban J connectivity index is 1.71. The van der Waals surface area contributed by atoms with Gasteiger partial charge in [-0.1, -0.05) is 5.21 Å². The molecular formula is C13H17N3O3. The molecule has 0 unspecified atom stereocenters. The van der Waals surface area contributed by atoms with Crippen LogP contribution in [0.1, 0.15) is 12.1 Å². The fourth-order valence-corrected chi connectivity index (χ4v) is 1.61. The maximum absolute atomic E-state index is 8.86. The summed E-state index contributed by atoms with van der Waals surface area (Å²) in [5.41, 5.74) is 0.580. The van der Waals surface area contributed by atoms with Gasteiger partial charge in [0.05, 0.1) is 26.5 Å². The van der Waals surface area contributed by atoms with E-state index in [4.69, 9.17) is 14.6 Å². The van der Waals surface area contributed by atoms with E-state index in [1.165, 1.54) is 0 Å². The molecule has 0 atom stereocenters. The van der Waals surface area contributed by atoms with E-state index >= 15 is 0 Å². The predicted octanol–water partition coefficient (Wildman–Crippen LogP) is 1.25. The summed E-state index contributed by atoms with van der Waals surface area (Å²) in [5, 5.41) is 16.6. The van der Waals surface area contributed by atoms with E-state index in [0.717, 1.165) is 17.9 Å². The second-order valence-corrected chi connectivity index (χ2v) is 4.01. The van der Waals surface area contributed by atoms with Crippen molar-refractivity contribution < 1.29 is 14.6 Å². The van der Waals surface area contributed by atoms with Crippen molar-refractivity contribution in [1.82, 2.24) is 15.0 Å². The Kier molecular flexibility index (Phi) is 4.74. The SMILES string of the molecule is COc1ccc(OCCCn2cc(CO)nn2)cc1. The average molecular weight is 263 g/mol. The van der Waals surface area contributed by atoms with Crippen LogP contribution in [0.5, 0.6) is 11.5 Å². The average Bonchev–Trinajstić information content (AvgIpc) is 2.92. The standard InChI is InChI=1S/C13H17N3O3/c1-18-12-3-5-13(6-4-12)19-8-2-7-16-9-11(10-17)14-15-16/h3-6,9,17H,2,7-8,10H2,1H3. The summed E-state index contributed by atoms with van der Waals surface area (Å²) in [4.78, 5) is 0. The molecule has 0 amide bonds. The summed E-state index contributed by atoms with van der Waals surface area (Å²) in [6.07, 6.45) is 2.55. The van der Waals surface area contributed by atoms with Crippen molar-refractivity contribution >= 4 is 0 Å². The molecule has 0 aliphatic heterocycles. The Hall–Kier alpha value is -2.08. The number of aliphatic hydroxyl groups excluding tert-OH is 1. The van der Waals surface area contributed by atoms with E-state index in [2.05, 4.69) is 10.3 Å². The van der Waals surface area contributed by atoms with Gasteiger partial charge in [0, 0.05) is 13.0 Å². The molecule has 1 heterocycles. The van der Waals surface area contributed by atoms with E-state index in [-0.39, 0.29) is 6.61 Å². The fraction of sp³-hybridized carbons (Fsp3) is 0.385. The molecule has 0 saturated heterocycles. The zero-order chi connectivity index (χ0) is 13.5. The van der Waals surface area contributed by atoms with Gasteiger partial charge in [0.15, 0.2) is 0 Å². The predicted molar refractivity (Wildman–Crippen MR) is 69.1 cm³/mol. The van der Waals surface area contributed by atoms with Crippen molar-refractivity contribution in [1.29, 1.82) is 0 Å². The molecule has 0 saturated carbocycles. The lowest BCUT2D eigenvalue weighted by molar-refractivity contribution is 0.276. The molecule has 19 heavy (non-hydrogen) atoms. The summed E-state index contributed by atoms with van der Waals surface area (Å²) in [6, 6.07) is 7.47. The number of aryl methyl sites for hydroxylation is 1. The van der Waals surface area contributed by atoms with Crippen molar-refractivity contribution in [2.75, 3.05) is 13.7 Å². The minimum absolute atomic E-state index is 0.0810. The van der Waals surface area contributed by atoms with E-state index < -0.39 is 0 Å². The lowest BCUT2D eigenvalue weighted by atomic mass is 10.3. The fourth-order valence-electron chi connectivity index (χ4n) is 1.61. The van der Waals surface area contributed by atoms with Crippen LogP contribution in [0.25, 0.3) is 0 Å². The van der Waals surface area contributed by atoms with Gasteiger partial charge in [-0.05, 0) is 24.3 Å². The molecule has 6 heteroatoms. The Morgan fingerprint density at radius 2 is 1.95 bits per heavy atom. The number of benzene rings is 1. The molecule has 1 aromatic heterocycles. The van der Waals surface area contributed by atoms with Crippen molar-refractivity contribution in [2.45, 2.75) is 19.6 Å². The van der Waals surface area contributed by atoms with Gasteiger partial charge in [0.1, 0.15) is 17.2 Å². The van der Waals surface area contributed by atoms with Crippen LogP contribution in [0.4, 0.5) is 0 Å². The second-order valence-electron chi connectivity index (χ2n) is 4.01. The van der Waals surface area contributed by atoms with E-state index in [1.807, 2.05) is 24.3 Å². The number of hydrogen-bond acceptors (Lipinski definition) is 5. The van der Waals surface area contributed by atoms with Crippen LogP contribution >= 0.6 is 0 Å². The van der Waals surface area contributed by atoms with Crippen molar-refractivity contribution in [3.8, 4) is 11.5 Å². The van der Waals surface area contributed by atoms with Gasteiger partial charge in [-0.15, -0.1) is 5.10 Å². The maximum Gasteiger partial charge on any atom is 0.119 e. The van der Waals surface area contributed by atoms with Gasteiger partial charge in [-0.25, -0.2) is 0 Å². The smallest absolute Gasteiger partial charge is 0.119 e. The number of rotatable bonds is 7. The highest BCUT2D eigenvalue weighted by Gasteiger charge is 1.99. The van der Waals surface area contributed by atoms with Gasteiger partial charge < -0.3 is 14.6 Å². The van der Waals surface area contributed by atoms with E-state index in [9.17, 15) is 0 Å². The zero-order valence-corrected chi connectivity index (χ0v) is 10.8. The molecule has 0 aliphatic rings. The quantitative estimate of drug-likeness (QED) is 0.761. The molecule has 0 radical (unpaired) electrons. The summed E-state index contributed by atoms with van der Waals surface area (Å²) < 4.78 is 12.4. The van der Waals surface area contributed by atoms with Crippen LogP contribution < -0.4 is 9.47 Å². The van der Waals surface area contributed by atoms with Crippen LogP contribution in [0.15, 0.2) is 30.5 Å². The third-order valence-electron chi connectivity index (χ3n) is 2.61. The summed E-state index contributed by atoms with van der Waals surface area (Å²) >= 11 is 0. The number of ether oxygens (including phenoxy) is 2. The van der Waals surface area contributed by atoms with Crippen LogP contribution in [0.2, 0.25) is 0 Å². The molecule has 2 rings (SSSR count). The third kappa shape index (κ3) is 3.96. The normalized spacial score (nSPS) is 10.4. The number of methoxy groups -OCH3 is 1. The molecular weight excluding hydrogens is 246 g/mol. The first-order valence-electron chi connectivity index (χ1n) is 6.08. The molecule has 0 bridgehead atoms. The first-order chi connectivity index (χ1) is 9.31. The van der Waals surface area contributed by atoms with Crippen LogP contribution in [0.3, 0.4) is 0 Å². The summed E-state index contributed by atoms with van der Waals surface area (Å²) in [7, 11) is 1.63. The van der Waals surface area contributed by atoms with Gasteiger partial charge >= 0.3 is 0 Å². The molecule has 2 aromatic rings. The van der Waals surface area contributed by atoms with Crippen molar-refractivity contribution in [3.63, 3.8) is 0 Å². The number of hydrogen-bond donors (Lipinski definition) is 1. The largest absolute Gasteiger partial charge is 0.497 e. The zero-order valence-electron chi connectivity index (χ0n) is 10.8. The molecule has 1 N–H and O–H groups in total. The van der Waals surface area contributed by atoms with Crippen LogP contribution in [-0.2, 0) is 13.2 Å². The Labute approximate surface area is 111 Å². The molecule has 0 spiro atoms. The Morgan fingerprint density at radius 1 is 1.21 bits per heavy atom. The Morgan fingerprint density at radius 3 is 2.58 bits per heavy atom. The van der Waals surface area contributed by atoms with E-state index in [1.54, 1.807) is 18.0 Å². The van der Waals surface area contributed by atoms with Crippen molar-refractivity contribution in [2.24, 2.45) is 0 Å². The van der Waals surface area contributed by atoms with Gasteiger partial charge in [-0.2, -0.15) is 0 Å². The van der Waals surface area contributed by atoms with Gasteiger partial charge in [-0.3, -0.25) is 4.68 Å². The van der Waals surface area contributed by atoms with Crippen LogP contribution in [0, 0.1) is 0 Å². The van der Waals surface area contributed by atoms with Crippen molar-refractivity contribution in [3.05, 3.63) is 36.2 Å². The first-order valence-corrected chi connectivity index (χ1v) is 6.08. The second kappa shape index (κ2) is 6.75.